The van der Waals surface area contributed by atoms with Crippen molar-refractivity contribution < 1.29 is 9.59 Å². The summed E-state index contributed by atoms with van der Waals surface area (Å²) in [6, 6.07) is 19.8. The lowest BCUT2D eigenvalue weighted by molar-refractivity contribution is -0.112. The third kappa shape index (κ3) is 3.73. The van der Waals surface area contributed by atoms with E-state index in [1.165, 1.54) is 0 Å². The largest absolute Gasteiger partial charge is 0.340 e. The Morgan fingerprint density at radius 2 is 1.75 bits per heavy atom. The van der Waals surface area contributed by atoms with Gasteiger partial charge in [-0.05, 0) is 35.9 Å². The van der Waals surface area contributed by atoms with Crippen molar-refractivity contribution >= 4 is 29.0 Å². The van der Waals surface area contributed by atoms with E-state index in [2.05, 4.69) is 5.32 Å². The van der Waals surface area contributed by atoms with E-state index >= 15 is 0 Å². The summed E-state index contributed by atoms with van der Waals surface area (Å²) in [6.07, 6.45) is 1.78. The molecule has 0 saturated carbocycles. The van der Waals surface area contributed by atoms with Gasteiger partial charge in [-0.15, -0.1) is 0 Å². The lowest BCUT2D eigenvalue weighted by atomic mass is 10.2. The Morgan fingerprint density at radius 3 is 2.50 bits per heavy atom. The van der Waals surface area contributed by atoms with Crippen LogP contribution in [0.25, 0.3) is 0 Å². The maximum absolute atomic E-state index is 12.4. The van der Waals surface area contributed by atoms with Crippen LogP contribution in [-0.2, 0) is 11.3 Å². The van der Waals surface area contributed by atoms with Crippen molar-refractivity contribution in [3.63, 3.8) is 0 Å². The minimum atomic E-state index is -0.690. The lowest BCUT2D eigenvalue weighted by Gasteiger charge is -2.09. The maximum Gasteiger partial charge on any atom is 0.298 e. The van der Waals surface area contributed by atoms with E-state index in [0.29, 0.717) is 22.9 Å². The molecule has 0 aliphatic heterocycles. The first kappa shape index (κ1) is 16.0. The number of rotatable bonds is 5. The van der Waals surface area contributed by atoms with Crippen LogP contribution in [0.5, 0.6) is 0 Å². The minimum Gasteiger partial charge on any atom is -0.340 e. The number of nitrogens with zero attached hydrogens (tertiary/aromatic N) is 1. The summed E-state index contributed by atoms with van der Waals surface area (Å²) in [5, 5.41) is 3.07. The van der Waals surface area contributed by atoms with Crippen molar-refractivity contribution in [1.82, 2.24) is 4.57 Å². The molecule has 0 spiro atoms. The van der Waals surface area contributed by atoms with Crippen LogP contribution in [0.2, 0.25) is 5.02 Å². The number of ketones is 1. The zero-order chi connectivity index (χ0) is 16.9. The number of amides is 1. The highest BCUT2D eigenvalue weighted by Crippen LogP contribution is 2.16. The summed E-state index contributed by atoms with van der Waals surface area (Å²) in [5.74, 6) is -1.28. The molecular weight excluding hydrogens is 324 g/mol. The highest BCUT2D eigenvalue weighted by molar-refractivity contribution is 6.46. The first-order valence-corrected chi connectivity index (χ1v) is 7.81. The van der Waals surface area contributed by atoms with E-state index in [1.807, 2.05) is 30.3 Å². The molecule has 0 radical (unpaired) electrons. The number of hydrogen-bond donors (Lipinski definition) is 1. The Kier molecular flexibility index (Phi) is 4.77. The third-order valence-electron chi connectivity index (χ3n) is 3.55. The molecule has 120 valence electrons. The monoisotopic (exact) mass is 338 g/mol. The van der Waals surface area contributed by atoms with Gasteiger partial charge in [0, 0.05) is 23.5 Å². The Morgan fingerprint density at radius 1 is 0.958 bits per heavy atom. The third-order valence-corrected chi connectivity index (χ3v) is 3.78. The number of carbonyl (C=O) groups is 2. The molecule has 4 nitrogen and oxygen atoms in total. The number of aromatic nitrogens is 1. The van der Waals surface area contributed by atoms with E-state index in [4.69, 9.17) is 11.6 Å². The topological polar surface area (TPSA) is 51.1 Å². The summed E-state index contributed by atoms with van der Waals surface area (Å²) in [5.41, 5.74) is 1.89. The molecule has 3 rings (SSSR count). The van der Waals surface area contributed by atoms with Crippen molar-refractivity contribution in [2.24, 2.45) is 0 Å². The Hall–Kier alpha value is -2.85. The van der Waals surface area contributed by atoms with Gasteiger partial charge in [0.25, 0.3) is 11.7 Å². The molecule has 0 aliphatic rings. The Bertz CT molecular complexity index is 872. The van der Waals surface area contributed by atoms with Crippen molar-refractivity contribution in [3.05, 3.63) is 89.2 Å². The normalized spacial score (nSPS) is 10.4. The highest BCUT2D eigenvalue weighted by atomic mass is 35.5. The second kappa shape index (κ2) is 7.15. The molecular formula is C19H15ClN2O2. The standard InChI is InChI=1S/C19H15ClN2O2/c20-15-8-4-9-16(12-15)21-19(24)18(23)17-10-5-11-22(17)13-14-6-2-1-3-7-14/h1-12H,13H2,(H,21,24). The molecule has 1 N–H and O–H groups in total. The number of carbonyl (C=O) groups excluding carboxylic acids is 2. The van der Waals surface area contributed by atoms with Crippen molar-refractivity contribution in [1.29, 1.82) is 0 Å². The molecule has 0 aliphatic carbocycles. The van der Waals surface area contributed by atoms with Crippen molar-refractivity contribution in [3.8, 4) is 0 Å². The highest BCUT2D eigenvalue weighted by Gasteiger charge is 2.19. The van der Waals surface area contributed by atoms with Gasteiger partial charge in [0.15, 0.2) is 0 Å². The molecule has 0 fully saturated rings. The average molecular weight is 339 g/mol. The van der Waals surface area contributed by atoms with Gasteiger partial charge < -0.3 is 9.88 Å². The number of halogens is 1. The van der Waals surface area contributed by atoms with Gasteiger partial charge in [0.05, 0.1) is 5.69 Å². The van der Waals surface area contributed by atoms with Crippen LogP contribution in [0.15, 0.2) is 72.9 Å². The van der Waals surface area contributed by atoms with Gasteiger partial charge in [-0.3, -0.25) is 9.59 Å². The van der Waals surface area contributed by atoms with Gasteiger partial charge in [-0.2, -0.15) is 0 Å². The number of nitrogens with one attached hydrogen (secondary N) is 1. The van der Waals surface area contributed by atoms with Crippen LogP contribution < -0.4 is 5.32 Å². The van der Waals surface area contributed by atoms with E-state index in [0.717, 1.165) is 5.56 Å². The van der Waals surface area contributed by atoms with Crippen LogP contribution in [0.4, 0.5) is 5.69 Å². The van der Waals surface area contributed by atoms with Crippen LogP contribution >= 0.6 is 11.6 Å². The van der Waals surface area contributed by atoms with Gasteiger partial charge in [0.1, 0.15) is 0 Å². The molecule has 2 aromatic carbocycles. The van der Waals surface area contributed by atoms with Crippen LogP contribution in [0, 0.1) is 0 Å². The lowest BCUT2D eigenvalue weighted by Crippen LogP contribution is -2.25. The molecule has 0 bridgehead atoms. The number of anilines is 1. The fourth-order valence-electron chi connectivity index (χ4n) is 2.41. The number of Topliss-reactive ketones (excluding diaryl/α,β-unsaturated/α-hetero) is 1. The smallest absolute Gasteiger partial charge is 0.298 e. The van der Waals surface area contributed by atoms with Crippen LogP contribution in [0.3, 0.4) is 0 Å². The van der Waals surface area contributed by atoms with Gasteiger partial charge in [-0.1, -0.05) is 48.0 Å². The molecule has 24 heavy (non-hydrogen) atoms. The second-order valence-corrected chi connectivity index (χ2v) is 5.74. The van der Waals surface area contributed by atoms with Crippen molar-refractivity contribution in [2.45, 2.75) is 6.54 Å². The quantitative estimate of drug-likeness (QED) is 0.564. The number of benzene rings is 2. The predicted molar refractivity (Wildman–Crippen MR) is 94.4 cm³/mol. The average Bonchev–Trinajstić information content (AvgIpc) is 3.03. The van der Waals surface area contributed by atoms with Crippen LogP contribution in [-0.4, -0.2) is 16.3 Å². The minimum absolute atomic E-state index is 0.346. The molecule has 0 atom stereocenters. The predicted octanol–water partition coefficient (Wildman–Crippen LogP) is 4.01. The molecule has 0 saturated heterocycles. The molecule has 1 heterocycles. The second-order valence-electron chi connectivity index (χ2n) is 5.30. The van der Waals surface area contributed by atoms with E-state index in [1.54, 1.807) is 47.2 Å². The molecule has 1 amide bonds. The summed E-state index contributed by atoms with van der Waals surface area (Å²) < 4.78 is 1.76. The van der Waals surface area contributed by atoms with E-state index in [9.17, 15) is 9.59 Å². The fraction of sp³-hybridized carbons (Fsp3) is 0.0526. The van der Waals surface area contributed by atoms with Gasteiger partial charge in [0.2, 0.25) is 0 Å². The first-order chi connectivity index (χ1) is 11.6. The molecule has 1 aromatic heterocycles. The molecule has 3 aromatic rings. The zero-order valence-corrected chi connectivity index (χ0v) is 13.5. The molecule has 0 unspecified atom stereocenters. The summed E-state index contributed by atoms with van der Waals surface area (Å²) in [7, 11) is 0. The zero-order valence-electron chi connectivity index (χ0n) is 12.8. The maximum atomic E-state index is 12.4. The first-order valence-electron chi connectivity index (χ1n) is 7.44. The summed E-state index contributed by atoms with van der Waals surface area (Å²) in [6.45, 7) is 0.527. The van der Waals surface area contributed by atoms with E-state index < -0.39 is 11.7 Å². The van der Waals surface area contributed by atoms with Crippen LogP contribution in [0.1, 0.15) is 16.1 Å². The van der Waals surface area contributed by atoms with Gasteiger partial charge >= 0.3 is 0 Å². The SMILES string of the molecule is O=C(Nc1cccc(Cl)c1)C(=O)c1cccn1Cc1ccccc1. The Balaban J connectivity index is 1.76. The summed E-state index contributed by atoms with van der Waals surface area (Å²) in [4.78, 5) is 24.6. The van der Waals surface area contributed by atoms with E-state index in [-0.39, 0.29) is 0 Å². The number of hydrogen-bond acceptors (Lipinski definition) is 2. The van der Waals surface area contributed by atoms with Crippen molar-refractivity contribution in [2.75, 3.05) is 5.32 Å². The fourth-order valence-corrected chi connectivity index (χ4v) is 2.60. The molecule has 5 heteroatoms. The van der Waals surface area contributed by atoms with Gasteiger partial charge in [-0.25, -0.2) is 0 Å². The summed E-state index contributed by atoms with van der Waals surface area (Å²) >= 11 is 5.88. The Labute approximate surface area is 144 Å².